The summed E-state index contributed by atoms with van der Waals surface area (Å²) in [6.45, 7) is 10.1. The standard InChI is InChI=1S/C46H37N2O.C15H17N2.Ir/c1-27(2)37-24-33(30-14-7-6-8-15-30)25-38(28(3)4)44(37)48-43-29(5)13-11-20-41(43)47-46(48)36-19-12-18-35-40-23-32-22-21-31-16-9-10-17-34(31)39(32)26-42(40)49-45(35)36;1-11-10-16-14(12-8-6-5-7-9-12)17-13(11)15(2,3)4;/h6-18,20-28H,1-5H3;5-8,10H,1-4H3;/q2*-1;/i5D3;1D3;. The van der Waals surface area contributed by atoms with E-state index in [0.717, 1.165) is 60.6 Å². The van der Waals surface area contributed by atoms with Gasteiger partial charge in [0.25, 0.3) is 0 Å². The van der Waals surface area contributed by atoms with Gasteiger partial charge in [-0.3, -0.25) is 15.0 Å². The van der Waals surface area contributed by atoms with Crippen molar-refractivity contribution in [1.29, 1.82) is 0 Å². The first-order chi connectivity index (χ1) is 34.3. The summed E-state index contributed by atoms with van der Waals surface area (Å²) in [5.74, 6) is 1.34. The molecule has 0 unspecified atom stereocenters. The van der Waals surface area contributed by atoms with E-state index in [0.29, 0.717) is 39.5 Å². The number of hydrogen-bond donors (Lipinski definition) is 0. The van der Waals surface area contributed by atoms with Crippen molar-refractivity contribution < 1.29 is 32.7 Å². The summed E-state index contributed by atoms with van der Waals surface area (Å²) in [7, 11) is 0. The van der Waals surface area contributed by atoms with Gasteiger partial charge in [-0.2, -0.15) is 0 Å². The third-order valence-electron chi connectivity index (χ3n) is 12.4. The topological polar surface area (TPSA) is 56.7 Å². The zero-order valence-corrected chi connectivity index (χ0v) is 41.0. The Morgan fingerprint density at radius 3 is 2.07 bits per heavy atom. The second-order valence-electron chi connectivity index (χ2n) is 18.7. The zero-order valence-electron chi connectivity index (χ0n) is 44.6. The van der Waals surface area contributed by atoms with Crippen molar-refractivity contribution in [3.8, 4) is 39.6 Å². The molecule has 0 amide bonds. The minimum atomic E-state index is -2.37. The molecule has 335 valence electrons. The molecule has 0 N–H and O–H groups in total. The molecule has 1 radical (unpaired) electrons. The van der Waals surface area contributed by atoms with Crippen LogP contribution >= 0.6 is 0 Å². The van der Waals surface area contributed by atoms with Gasteiger partial charge in [0.05, 0.1) is 28.3 Å². The van der Waals surface area contributed by atoms with E-state index in [-0.39, 0.29) is 48.5 Å². The Balaban J connectivity index is 0.000000264. The van der Waals surface area contributed by atoms with Crippen molar-refractivity contribution in [2.45, 2.75) is 79.4 Å². The molecule has 0 saturated carbocycles. The monoisotopic (exact) mass is 1060 g/mol. The molecule has 0 aliphatic rings. The van der Waals surface area contributed by atoms with Crippen LogP contribution in [0.5, 0.6) is 0 Å². The third kappa shape index (κ3) is 8.39. The van der Waals surface area contributed by atoms with E-state index in [1.165, 1.54) is 17.0 Å². The summed E-state index contributed by atoms with van der Waals surface area (Å²) in [5, 5.41) is 6.59. The van der Waals surface area contributed by atoms with Crippen LogP contribution in [0.4, 0.5) is 0 Å². The summed E-state index contributed by atoms with van der Waals surface area (Å²) in [6, 6.07) is 55.4. The molecule has 0 bridgehead atoms. The van der Waals surface area contributed by atoms with Crippen LogP contribution < -0.4 is 0 Å². The van der Waals surface area contributed by atoms with Crippen molar-refractivity contribution in [3.05, 3.63) is 192 Å². The predicted octanol–water partition coefficient (Wildman–Crippen LogP) is 16.5. The Bertz CT molecular complexity index is 3800. The molecule has 0 atom stereocenters. The van der Waals surface area contributed by atoms with Crippen LogP contribution in [0.2, 0.25) is 0 Å². The number of para-hydroxylation sites is 1. The summed E-state index contributed by atoms with van der Waals surface area (Å²) >= 11 is 0. The molecule has 0 saturated heterocycles. The van der Waals surface area contributed by atoms with Crippen LogP contribution in [-0.2, 0) is 25.5 Å². The van der Waals surface area contributed by atoms with Crippen LogP contribution in [0.3, 0.4) is 0 Å². The van der Waals surface area contributed by atoms with Crippen LogP contribution in [0.1, 0.15) is 96.5 Å². The molecule has 0 aliphatic heterocycles. The van der Waals surface area contributed by atoms with E-state index in [1.807, 2.05) is 63.2 Å². The number of fused-ring (bicyclic) bond motifs is 7. The first-order valence-corrected chi connectivity index (χ1v) is 22.6. The number of imidazole rings is 1. The number of rotatable bonds is 6. The number of benzene rings is 8. The van der Waals surface area contributed by atoms with Gasteiger partial charge in [-0.1, -0.05) is 138 Å². The fourth-order valence-electron chi connectivity index (χ4n) is 9.15. The van der Waals surface area contributed by atoms with Gasteiger partial charge >= 0.3 is 0 Å². The minimum absolute atomic E-state index is 0. The smallest absolute Gasteiger partial charge is 0.121 e. The molecule has 3 heterocycles. The van der Waals surface area contributed by atoms with Gasteiger partial charge in [0, 0.05) is 56.7 Å². The van der Waals surface area contributed by atoms with Crippen molar-refractivity contribution in [2.24, 2.45) is 0 Å². The van der Waals surface area contributed by atoms with Crippen LogP contribution in [0.15, 0.2) is 156 Å². The van der Waals surface area contributed by atoms with Gasteiger partial charge in [-0.15, -0.1) is 54.1 Å². The minimum Gasteiger partial charge on any atom is -0.501 e. The van der Waals surface area contributed by atoms with Crippen LogP contribution in [-0.4, -0.2) is 19.5 Å². The maximum Gasteiger partial charge on any atom is 0.121 e. The molecule has 3 aromatic heterocycles. The zero-order chi connectivity index (χ0) is 50.9. The molecular formula is C61H54IrN4O-2. The number of aromatic nitrogens is 4. The molecular weight excluding hydrogens is 997 g/mol. The SMILES string of the molecule is [2H]C([2H])([2H])c1cccc2nc(-c3[c-]ccc4c3oc3cc5c(ccc6ccccc65)cc34)n(-c3c(C(C)C)cc(-c4ccccc4)cc3C(C)C)c12.[2H]C([2H])([2H])c1cnc(-c2[c-]cccc2)nc1C(C)(C)C.[Ir]. The van der Waals surface area contributed by atoms with Gasteiger partial charge in [-0.05, 0) is 111 Å². The van der Waals surface area contributed by atoms with E-state index in [2.05, 4.69) is 139 Å². The fraction of sp³-hybridized carbons (Fsp3) is 0.197. The summed E-state index contributed by atoms with van der Waals surface area (Å²) < 4.78 is 57.7. The molecule has 67 heavy (non-hydrogen) atoms. The van der Waals surface area contributed by atoms with Gasteiger partial charge in [0.1, 0.15) is 5.58 Å². The number of nitrogens with zero attached hydrogens (tertiary/aromatic N) is 4. The second-order valence-corrected chi connectivity index (χ2v) is 18.7. The Morgan fingerprint density at radius 1 is 0.627 bits per heavy atom. The predicted molar refractivity (Wildman–Crippen MR) is 276 cm³/mol. The molecule has 5 nitrogen and oxygen atoms in total. The molecule has 11 aromatic rings. The largest absolute Gasteiger partial charge is 0.501 e. The van der Waals surface area contributed by atoms with E-state index in [1.54, 1.807) is 18.2 Å². The fourth-order valence-corrected chi connectivity index (χ4v) is 9.15. The van der Waals surface area contributed by atoms with E-state index >= 15 is 0 Å². The van der Waals surface area contributed by atoms with E-state index in [9.17, 15) is 0 Å². The molecule has 11 rings (SSSR count). The summed E-state index contributed by atoms with van der Waals surface area (Å²) in [4.78, 5) is 13.9. The summed E-state index contributed by atoms with van der Waals surface area (Å²) in [6.07, 6.45) is 1.41. The molecule has 6 heteroatoms. The van der Waals surface area contributed by atoms with Gasteiger partial charge in [0.15, 0.2) is 0 Å². The Kier molecular flexibility index (Phi) is 10.4. The van der Waals surface area contributed by atoms with Gasteiger partial charge in [0.2, 0.25) is 0 Å². The summed E-state index contributed by atoms with van der Waals surface area (Å²) in [5.41, 5.74) is 10.2. The number of aryl methyl sites for hydroxylation is 2. The maximum absolute atomic E-state index is 8.65. The first kappa shape index (κ1) is 38.4. The second kappa shape index (κ2) is 18.2. The normalized spacial score (nSPS) is 13.5. The third-order valence-corrected chi connectivity index (χ3v) is 12.4. The van der Waals surface area contributed by atoms with E-state index in [4.69, 9.17) is 17.6 Å². The van der Waals surface area contributed by atoms with Crippen molar-refractivity contribution in [2.75, 3.05) is 0 Å². The van der Waals surface area contributed by atoms with E-state index < -0.39 is 13.7 Å². The van der Waals surface area contributed by atoms with Crippen LogP contribution in [0.25, 0.3) is 94.1 Å². The average molecular weight is 1060 g/mol. The number of furan rings is 1. The Hall–Kier alpha value is -6.72. The number of hydrogen-bond acceptors (Lipinski definition) is 4. The first-order valence-electron chi connectivity index (χ1n) is 25.6. The molecule has 0 fully saturated rings. The van der Waals surface area contributed by atoms with Crippen molar-refractivity contribution in [1.82, 2.24) is 19.5 Å². The molecule has 8 aromatic carbocycles. The van der Waals surface area contributed by atoms with Gasteiger partial charge in [-0.25, -0.2) is 0 Å². The maximum atomic E-state index is 8.65. The average Bonchev–Trinajstić information content (AvgIpc) is 3.93. The van der Waals surface area contributed by atoms with Gasteiger partial charge < -0.3 is 8.98 Å². The molecule has 0 aliphatic carbocycles. The van der Waals surface area contributed by atoms with Crippen molar-refractivity contribution in [3.63, 3.8) is 0 Å². The van der Waals surface area contributed by atoms with Crippen molar-refractivity contribution >= 4 is 54.5 Å². The molecule has 0 spiro atoms. The Labute approximate surface area is 415 Å². The Morgan fingerprint density at radius 2 is 1.36 bits per heavy atom. The quantitative estimate of drug-likeness (QED) is 0.123. The van der Waals surface area contributed by atoms with Crippen LogP contribution in [0, 0.1) is 25.8 Å².